The van der Waals surface area contributed by atoms with Crippen LogP contribution in [0.15, 0.2) is 42.6 Å². The van der Waals surface area contributed by atoms with Crippen molar-refractivity contribution >= 4 is 17.9 Å². The van der Waals surface area contributed by atoms with Crippen molar-refractivity contribution in [1.82, 2.24) is 10.3 Å². The van der Waals surface area contributed by atoms with E-state index in [-0.39, 0.29) is 11.4 Å². The van der Waals surface area contributed by atoms with Crippen LogP contribution >= 0.6 is 0 Å². The van der Waals surface area contributed by atoms with Crippen LogP contribution in [-0.2, 0) is 14.3 Å². The first kappa shape index (κ1) is 29.1. The summed E-state index contributed by atoms with van der Waals surface area (Å²) in [5.74, 6) is -2.13. The topological polar surface area (TPSA) is 185 Å². The number of hydrogen-bond acceptors (Lipinski definition) is 9. The predicted molar refractivity (Wildman–Crippen MR) is 116 cm³/mol. The molecule has 0 aliphatic carbocycles. The highest BCUT2D eigenvalue weighted by Gasteiger charge is 2.07. The molecule has 12 nitrogen and oxygen atoms in total. The number of ether oxygens (including phenoxy) is 4. The fraction of sp³-hybridized carbons (Fsp3) is 0.333. The first-order valence-corrected chi connectivity index (χ1v) is 9.57. The van der Waals surface area contributed by atoms with Gasteiger partial charge in [-0.3, -0.25) is 0 Å². The van der Waals surface area contributed by atoms with Gasteiger partial charge in [-0.1, -0.05) is 12.1 Å². The number of aromatic nitrogens is 1. The summed E-state index contributed by atoms with van der Waals surface area (Å²) >= 11 is 0. The van der Waals surface area contributed by atoms with Crippen LogP contribution in [-0.4, -0.2) is 78.6 Å². The molecule has 1 heterocycles. The summed E-state index contributed by atoms with van der Waals surface area (Å²) in [4.78, 5) is 33.8. The number of para-hydroxylation sites is 2. The van der Waals surface area contributed by atoms with Crippen LogP contribution in [0.3, 0.4) is 0 Å². The van der Waals surface area contributed by atoms with E-state index in [4.69, 9.17) is 38.7 Å². The molecule has 33 heavy (non-hydrogen) atoms. The first-order valence-electron chi connectivity index (χ1n) is 9.57. The lowest BCUT2D eigenvalue weighted by atomic mass is 10.3. The van der Waals surface area contributed by atoms with Crippen LogP contribution in [0.25, 0.3) is 0 Å². The number of benzene rings is 1. The second kappa shape index (κ2) is 16.8. The molecule has 0 saturated heterocycles. The second-order valence-electron chi connectivity index (χ2n) is 5.81. The zero-order valence-electron chi connectivity index (χ0n) is 18.3. The molecule has 0 fully saturated rings. The molecule has 182 valence electrons. The Morgan fingerprint density at radius 3 is 2.06 bits per heavy atom. The monoisotopic (exact) mass is 468 g/mol. The third-order valence-electron chi connectivity index (χ3n) is 3.56. The van der Waals surface area contributed by atoms with Crippen molar-refractivity contribution in [2.45, 2.75) is 6.92 Å². The Labute approximate surface area is 190 Å². The zero-order valence-corrected chi connectivity index (χ0v) is 18.3. The van der Waals surface area contributed by atoms with E-state index in [9.17, 15) is 4.79 Å². The Kier molecular flexibility index (Phi) is 14.8. The minimum absolute atomic E-state index is 0. The van der Waals surface area contributed by atoms with Crippen molar-refractivity contribution in [3.05, 3.63) is 48.2 Å². The molecular weight excluding hydrogens is 440 g/mol. The van der Waals surface area contributed by atoms with Crippen molar-refractivity contribution in [3.63, 3.8) is 0 Å². The summed E-state index contributed by atoms with van der Waals surface area (Å²) in [5.41, 5.74) is 0.408. The molecule has 0 aliphatic rings. The van der Waals surface area contributed by atoms with Crippen molar-refractivity contribution in [3.8, 4) is 17.4 Å². The number of esters is 1. The van der Waals surface area contributed by atoms with E-state index in [1.165, 1.54) is 6.20 Å². The zero-order chi connectivity index (χ0) is 23.8. The lowest BCUT2D eigenvalue weighted by Crippen LogP contribution is -2.26. The van der Waals surface area contributed by atoms with Gasteiger partial charge in [0.15, 0.2) is 11.5 Å². The Bertz CT molecular complexity index is 846. The van der Waals surface area contributed by atoms with Crippen molar-refractivity contribution in [2.75, 3.05) is 40.0 Å². The van der Waals surface area contributed by atoms with Crippen LogP contribution in [0.4, 0.5) is 0 Å². The molecule has 0 aliphatic heterocycles. The smallest absolute Gasteiger partial charge is 0.414 e. The van der Waals surface area contributed by atoms with Gasteiger partial charge in [0.1, 0.15) is 13.2 Å². The van der Waals surface area contributed by atoms with Crippen molar-refractivity contribution in [2.24, 2.45) is 0 Å². The highest BCUT2D eigenvalue weighted by Crippen LogP contribution is 2.25. The number of carboxylic acids is 2. The number of carboxylic acid groups (broad SMARTS) is 2. The molecule has 1 aromatic carbocycles. The largest absolute Gasteiger partial charge is 0.493 e. The number of carbonyl (C=O) groups excluding carboxylic acids is 1. The predicted octanol–water partition coefficient (Wildman–Crippen LogP) is 0.645. The highest BCUT2D eigenvalue weighted by atomic mass is 16.5. The number of pyridine rings is 1. The molecule has 0 bridgehead atoms. The molecule has 1 aromatic heterocycles. The SMILES string of the molecule is CCOC(=O)c1ccc(OCCNCCOc2ccccc2OC)nc1.O.O=C(O)C(=O)O. The maximum absolute atomic E-state index is 11.5. The standard InChI is InChI=1S/C19H24N2O5.C2H2O4.H2O/c1-3-24-19(22)15-8-9-18(21-14-15)26-13-11-20-10-12-25-17-7-5-4-6-16(17)23-2;3-1(4)2(5)6;/h4-9,14,20H,3,10-13H2,1-2H3;(H,3,4)(H,5,6);1H2. The minimum Gasteiger partial charge on any atom is -0.493 e. The van der Waals surface area contributed by atoms with E-state index in [0.29, 0.717) is 50.1 Å². The van der Waals surface area contributed by atoms with E-state index < -0.39 is 11.9 Å². The van der Waals surface area contributed by atoms with E-state index in [2.05, 4.69) is 10.3 Å². The highest BCUT2D eigenvalue weighted by molar-refractivity contribution is 6.27. The molecule has 2 aromatic rings. The maximum atomic E-state index is 11.5. The number of nitrogens with one attached hydrogen (secondary N) is 1. The van der Waals surface area contributed by atoms with Gasteiger partial charge in [0, 0.05) is 25.4 Å². The van der Waals surface area contributed by atoms with Gasteiger partial charge in [-0.15, -0.1) is 0 Å². The third kappa shape index (κ3) is 11.9. The fourth-order valence-corrected chi connectivity index (χ4v) is 2.12. The lowest BCUT2D eigenvalue weighted by Gasteiger charge is -2.11. The minimum atomic E-state index is -1.82. The Balaban J connectivity index is 0.00000129. The van der Waals surface area contributed by atoms with E-state index in [0.717, 1.165) is 5.75 Å². The van der Waals surface area contributed by atoms with Gasteiger partial charge in [-0.25, -0.2) is 19.4 Å². The lowest BCUT2D eigenvalue weighted by molar-refractivity contribution is -0.159. The first-order chi connectivity index (χ1) is 15.4. The van der Waals surface area contributed by atoms with Crippen LogP contribution < -0.4 is 19.5 Å². The molecular formula is C21H28N2O10. The molecule has 12 heteroatoms. The third-order valence-corrected chi connectivity index (χ3v) is 3.56. The van der Waals surface area contributed by atoms with Gasteiger partial charge in [-0.05, 0) is 25.1 Å². The van der Waals surface area contributed by atoms with Crippen LogP contribution in [0.2, 0.25) is 0 Å². The fourth-order valence-electron chi connectivity index (χ4n) is 2.12. The van der Waals surface area contributed by atoms with Crippen molar-refractivity contribution < 1.29 is 49.0 Å². The Morgan fingerprint density at radius 2 is 1.55 bits per heavy atom. The molecule has 0 saturated carbocycles. The number of carbonyl (C=O) groups is 3. The number of methoxy groups -OCH3 is 1. The average molecular weight is 468 g/mol. The van der Waals surface area contributed by atoms with Gasteiger partial charge in [0.25, 0.3) is 0 Å². The number of nitrogens with zero attached hydrogens (tertiary/aromatic N) is 1. The van der Waals surface area contributed by atoms with Crippen molar-refractivity contribution in [1.29, 1.82) is 0 Å². The van der Waals surface area contributed by atoms with E-state index in [1.807, 2.05) is 24.3 Å². The molecule has 0 amide bonds. The van der Waals surface area contributed by atoms with Crippen LogP contribution in [0.1, 0.15) is 17.3 Å². The average Bonchev–Trinajstić information content (AvgIpc) is 2.79. The maximum Gasteiger partial charge on any atom is 0.414 e. The van der Waals surface area contributed by atoms with Crippen LogP contribution in [0, 0.1) is 0 Å². The summed E-state index contributed by atoms with van der Waals surface area (Å²) < 4.78 is 21.3. The summed E-state index contributed by atoms with van der Waals surface area (Å²) in [6.45, 7) is 4.40. The molecule has 0 spiro atoms. The Hall–Kier alpha value is -3.90. The summed E-state index contributed by atoms with van der Waals surface area (Å²) in [7, 11) is 1.62. The number of rotatable bonds is 11. The van der Waals surface area contributed by atoms with Gasteiger partial charge in [-0.2, -0.15) is 0 Å². The van der Waals surface area contributed by atoms with Gasteiger partial charge < -0.3 is 40.0 Å². The summed E-state index contributed by atoms with van der Waals surface area (Å²) in [6, 6.07) is 10.8. The normalized spacial score (nSPS) is 9.39. The number of hydrogen-bond donors (Lipinski definition) is 3. The molecule has 0 radical (unpaired) electrons. The summed E-state index contributed by atoms with van der Waals surface area (Å²) in [6.07, 6.45) is 1.45. The Morgan fingerprint density at radius 1 is 0.939 bits per heavy atom. The van der Waals surface area contributed by atoms with Gasteiger partial charge >= 0.3 is 17.9 Å². The van der Waals surface area contributed by atoms with Crippen LogP contribution in [0.5, 0.6) is 17.4 Å². The quantitative estimate of drug-likeness (QED) is 0.239. The molecule has 5 N–H and O–H groups in total. The number of aliphatic carboxylic acids is 2. The van der Waals surface area contributed by atoms with E-state index >= 15 is 0 Å². The van der Waals surface area contributed by atoms with Gasteiger partial charge in [0.05, 0.1) is 19.3 Å². The van der Waals surface area contributed by atoms with E-state index in [1.54, 1.807) is 26.2 Å². The second-order valence-corrected chi connectivity index (χ2v) is 5.81. The molecule has 0 unspecified atom stereocenters. The molecule has 2 rings (SSSR count). The molecule has 0 atom stereocenters. The summed E-state index contributed by atoms with van der Waals surface area (Å²) in [5, 5.41) is 18.0. The van der Waals surface area contributed by atoms with Gasteiger partial charge in [0.2, 0.25) is 5.88 Å².